The van der Waals surface area contributed by atoms with Gasteiger partial charge < -0.3 is 10.1 Å². The molecule has 0 spiro atoms. The van der Waals surface area contributed by atoms with E-state index in [1.165, 1.54) is 0 Å². The maximum Gasteiger partial charge on any atom is 0.162 e. The molecular weight excluding hydrogens is 448 g/mol. The van der Waals surface area contributed by atoms with Gasteiger partial charge in [-0.15, -0.1) is 0 Å². The van der Waals surface area contributed by atoms with Gasteiger partial charge in [-0.1, -0.05) is 0 Å². The van der Waals surface area contributed by atoms with Gasteiger partial charge in [-0.25, -0.2) is 15.0 Å². The van der Waals surface area contributed by atoms with E-state index in [9.17, 15) is 9.90 Å². The number of nitrogens with zero attached hydrogens (tertiary/aromatic N) is 3. The van der Waals surface area contributed by atoms with Crippen molar-refractivity contribution in [1.82, 2.24) is 4.98 Å². The van der Waals surface area contributed by atoms with E-state index in [1.54, 1.807) is 13.8 Å². The van der Waals surface area contributed by atoms with Crippen LogP contribution in [0, 0.1) is 6.92 Å². The number of carbonyl (C=O) groups is 1. The molecule has 0 fully saturated rings. The van der Waals surface area contributed by atoms with Crippen LogP contribution in [-0.2, 0) is 4.79 Å². The molecule has 0 saturated heterocycles. The Morgan fingerprint density at radius 1 is 0.694 bits per heavy atom. The molecule has 0 unspecified atom stereocenters. The molecule has 4 aliphatic heterocycles. The summed E-state index contributed by atoms with van der Waals surface area (Å²) in [6.07, 6.45) is 7.86. The number of Topliss-reactive ketones (excluding diaryl/α,β-unsaturated/α-hetero) is 1. The number of aliphatic imine (C=N–C) groups is 3. The van der Waals surface area contributed by atoms with E-state index in [1.807, 2.05) is 38.2 Å². The molecule has 182 valence electrons. The summed E-state index contributed by atoms with van der Waals surface area (Å²) in [4.78, 5) is 30.8. The SMILES string of the molecule is CC(=O)C1=C(C)C2=CC3=NC(=CC4=NC(=Cc5[nH]c(c(=C(C)O)c5C)=CC1=N2)C(C)=C4C)C(C)=C3C. The normalized spacial score (nSPS) is 20.1. The van der Waals surface area contributed by atoms with Crippen LogP contribution in [0.15, 0.2) is 77.7 Å². The van der Waals surface area contributed by atoms with Crippen LogP contribution in [0.2, 0.25) is 0 Å². The Bertz CT molecular complexity index is 1700. The standard InChI is InChI=1S/C30H30N4O2/c1-13-15(3)23-10-25-17(5)29(19(7)35)27(33-25)12-28-30(20(8)36)18(6)26(34-28)11-24-16(4)14(2)22(32-24)9-21(13)31-23/h9-12,33,35H,1-8H3. The second kappa shape index (κ2) is 8.26. The topological polar surface area (TPSA) is 90.2 Å². The number of aromatic amines is 1. The van der Waals surface area contributed by atoms with Gasteiger partial charge in [0.05, 0.1) is 45.3 Å². The third-order valence-electron chi connectivity index (χ3n) is 7.54. The van der Waals surface area contributed by atoms with Gasteiger partial charge in [0.2, 0.25) is 0 Å². The summed E-state index contributed by atoms with van der Waals surface area (Å²) in [6, 6.07) is 0. The van der Waals surface area contributed by atoms with Gasteiger partial charge in [0.1, 0.15) is 0 Å². The smallest absolute Gasteiger partial charge is 0.162 e. The highest BCUT2D eigenvalue weighted by atomic mass is 16.3. The van der Waals surface area contributed by atoms with Crippen LogP contribution in [0.25, 0.3) is 17.9 Å². The first-order chi connectivity index (χ1) is 17.0. The average molecular weight is 479 g/mol. The summed E-state index contributed by atoms with van der Waals surface area (Å²) in [5, 5.41) is 12.0. The molecule has 36 heavy (non-hydrogen) atoms. The molecule has 0 aromatic carbocycles. The van der Waals surface area contributed by atoms with Gasteiger partial charge in [-0.3, -0.25) is 4.79 Å². The number of allylic oxidation sites excluding steroid dienone is 8. The van der Waals surface area contributed by atoms with Crippen molar-refractivity contribution in [3.63, 3.8) is 0 Å². The Labute approximate surface area is 210 Å². The number of hydrogen-bond donors (Lipinski definition) is 2. The van der Waals surface area contributed by atoms with Gasteiger partial charge in [0.25, 0.3) is 0 Å². The lowest BCUT2D eigenvalue weighted by molar-refractivity contribution is -0.113. The zero-order chi connectivity index (χ0) is 26.0. The lowest BCUT2D eigenvalue weighted by atomic mass is 10.00. The molecule has 5 rings (SSSR count). The molecule has 2 N–H and O–H groups in total. The summed E-state index contributed by atoms with van der Waals surface area (Å²) >= 11 is 0. The van der Waals surface area contributed by atoms with Crippen molar-refractivity contribution >= 4 is 40.8 Å². The number of aliphatic hydroxyl groups is 1. The molecule has 1 aromatic heterocycles. The fourth-order valence-electron chi connectivity index (χ4n) is 5.09. The van der Waals surface area contributed by atoms with Gasteiger partial charge in [-0.05, 0) is 113 Å². The minimum atomic E-state index is -0.0539. The summed E-state index contributed by atoms with van der Waals surface area (Å²) in [7, 11) is 0. The van der Waals surface area contributed by atoms with Crippen molar-refractivity contribution in [2.24, 2.45) is 15.0 Å². The Balaban J connectivity index is 1.90. The van der Waals surface area contributed by atoms with Gasteiger partial charge in [-0.2, -0.15) is 0 Å². The first-order valence-corrected chi connectivity index (χ1v) is 12.1. The van der Waals surface area contributed by atoms with Crippen LogP contribution in [0.4, 0.5) is 0 Å². The van der Waals surface area contributed by atoms with Crippen molar-refractivity contribution in [2.45, 2.75) is 55.4 Å². The van der Waals surface area contributed by atoms with E-state index in [2.05, 4.69) is 32.7 Å². The van der Waals surface area contributed by atoms with Gasteiger partial charge in [0, 0.05) is 16.5 Å². The highest BCUT2D eigenvalue weighted by Crippen LogP contribution is 2.33. The molecule has 6 heteroatoms. The van der Waals surface area contributed by atoms with Crippen molar-refractivity contribution in [2.75, 3.05) is 0 Å². The van der Waals surface area contributed by atoms with Crippen LogP contribution in [0.3, 0.4) is 0 Å². The minimum Gasteiger partial charge on any atom is -0.512 e. The molecule has 0 radical (unpaired) electrons. The second-order valence-electron chi connectivity index (χ2n) is 9.82. The first kappa shape index (κ1) is 23.7. The molecule has 0 atom stereocenters. The monoisotopic (exact) mass is 478 g/mol. The van der Waals surface area contributed by atoms with Crippen LogP contribution < -0.4 is 10.6 Å². The zero-order valence-corrected chi connectivity index (χ0v) is 22.0. The van der Waals surface area contributed by atoms with Crippen molar-refractivity contribution in [3.8, 4) is 0 Å². The van der Waals surface area contributed by atoms with E-state index < -0.39 is 0 Å². The predicted octanol–water partition coefficient (Wildman–Crippen LogP) is 4.85. The van der Waals surface area contributed by atoms with E-state index >= 15 is 0 Å². The lowest BCUT2D eigenvalue weighted by Gasteiger charge is -2.00. The minimum absolute atomic E-state index is 0.0539. The van der Waals surface area contributed by atoms with E-state index in [-0.39, 0.29) is 11.5 Å². The molecule has 6 nitrogen and oxygen atoms in total. The average Bonchev–Trinajstić information content (AvgIpc) is 3.45. The van der Waals surface area contributed by atoms with Gasteiger partial charge in [0.15, 0.2) is 5.78 Å². The van der Waals surface area contributed by atoms with Gasteiger partial charge >= 0.3 is 0 Å². The molecule has 0 saturated carbocycles. The Hall–Kier alpha value is -4.06. The van der Waals surface area contributed by atoms with E-state index in [0.717, 1.165) is 61.9 Å². The molecule has 4 aliphatic rings. The largest absolute Gasteiger partial charge is 0.512 e. The maximum absolute atomic E-state index is 12.7. The number of aliphatic hydroxyl groups excluding tert-OH is 1. The number of ketones is 1. The second-order valence-corrected chi connectivity index (χ2v) is 9.82. The highest BCUT2D eigenvalue weighted by molar-refractivity contribution is 6.35. The summed E-state index contributed by atoms with van der Waals surface area (Å²) in [5.41, 5.74) is 12.3. The summed E-state index contributed by atoms with van der Waals surface area (Å²) < 4.78 is 0. The number of rotatable bonds is 1. The van der Waals surface area contributed by atoms with Crippen LogP contribution in [-0.4, -0.2) is 33.0 Å². The predicted molar refractivity (Wildman–Crippen MR) is 148 cm³/mol. The van der Waals surface area contributed by atoms with Crippen molar-refractivity contribution in [1.29, 1.82) is 0 Å². The third kappa shape index (κ3) is 3.56. The number of H-pyrrole nitrogens is 1. The quantitative estimate of drug-likeness (QED) is 0.604. The Morgan fingerprint density at radius 3 is 1.72 bits per heavy atom. The number of hydrogen-bond acceptors (Lipinski definition) is 5. The zero-order valence-electron chi connectivity index (χ0n) is 22.0. The van der Waals surface area contributed by atoms with Crippen LogP contribution in [0.5, 0.6) is 0 Å². The summed E-state index contributed by atoms with van der Waals surface area (Å²) in [6.45, 7) is 15.4. The lowest BCUT2D eigenvalue weighted by Crippen LogP contribution is -2.28. The fourth-order valence-corrected chi connectivity index (χ4v) is 5.09. The Kier molecular flexibility index (Phi) is 5.43. The van der Waals surface area contributed by atoms with Crippen LogP contribution in [0.1, 0.15) is 59.7 Å². The van der Waals surface area contributed by atoms with Crippen molar-refractivity contribution < 1.29 is 9.90 Å². The number of fused-ring (bicyclic) bond motifs is 5. The number of aromatic nitrogens is 1. The first-order valence-electron chi connectivity index (χ1n) is 12.1. The molecule has 0 amide bonds. The summed E-state index contributed by atoms with van der Waals surface area (Å²) in [5.74, 6) is 0.144. The molecule has 8 bridgehead atoms. The number of carbonyl (C=O) groups excluding carboxylic acids is 1. The molecule has 0 aliphatic carbocycles. The fraction of sp³-hybridized carbons (Fsp3) is 0.267. The Morgan fingerprint density at radius 2 is 1.19 bits per heavy atom. The third-order valence-corrected chi connectivity index (χ3v) is 7.54. The van der Waals surface area contributed by atoms with E-state index in [0.29, 0.717) is 27.5 Å². The molecule has 5 heterocycles. The molecular formula is C30H30N4O2. The van der Waals surface area contributed by atoms with E-state index in [4.69, 9.17) is 15.0 Å². The van der Waals surface area contributed by atoms with Crippen molar-refractivity contribution in [3.05, 3.63) is 84.5 Å². The maximum atomic E-state index is 12.7. The molecule has 1 aromatic rings. The highest BCUT2D eigenvalue weighted by Gasteiger charge is 2.26. The van der Waals surface area contributed by atoms with Crippen LogP contribution >= 0.6 is 0 Å². The number of nitrogens with one attached hydrogen (secondary N) is 1.